The van der Waals surface area contributed by atoms with Crippen LogP contribution in [0.1, 0.15) is 13.3 Å². The largest absolute Gasteiger partial charge is 0.313 e. The Kier molecular flexibility index (Phi) is 3.80. The standard InChI is InChI=1S/C8H17FN2/c1-2-10-8-3-5-11(7-8)6-4-9/h8,10H,2-7H2,1H3. The van der Waals surface area contributed by atoms with Crippen LogP contribution in [0.5, 0.6) is 0 Å². The number of nitrogens with zero attached hydrogens (tertiary/aromatic N) is 1. The molecule has 1 atom stereocenters. The van der Waals surface area contributed by atoms with Crippen molar-refractivity contribution >= 4 is 0 Å². The molecule has 0 aliphatic carbocycles. The highest BCUT2D eigenvalue weighted by atomic mass is 19.1. The Balaban J connectivity index is 2.12. The van der Waals surface area contributed by atoms with Gasteiger partial charge in [-0.1, -0.05) is 6.92 Å². The first-order valence-corrected chi connectivity index (χ1v) is 4.38. The molecule has 0 aromatic rings. The summed E-state index contributed by atoms with van der Waals surface area (Å²) in [5.74, 6) is 0. The van der Waals surface area contributed by atoms with E-state index in [9.17, 15) is 4.39 Å². The average molecular weight is 160 g/mol. The van der Waals surface area contributed by atoms with Crippen LogP contribution in [0, 0.1) is 0 Å². The van der Waals surface area contributed by atoms with Gasteiger partial charge in [0, 0.05) is 19.1 Å². The predicted octanol–water partition coefficient (Wildman–Crippen LogP) is 0.640. The third-order valence-electron chi connectivity index (χ3n) is 2.17. The maximum Gasteiger partial charge on any atom is 0.102 e. The zero-order valence-electron chi connectivity index (χ0n) is 7.15. The van der Waals surface area contributed by atoms with Gasteiger partial charge in [-0.05, 0) is 19.5 Å². The molecule has 1 fully saturated rings. The van der Waals surface area contributed by atoms with E-state index in [1.807, 2.05) is 0 Å². The molecular formula is C8H17FN2. The molecule has 66 valence electrons. The van der Waals surface area contributed by atoms with Crippen molar-refractivity contribution in [2.24, 2.45) is 0 Å². The number of nitrogens with one attached hydrogen (secondary N) is 1. The molecule has 0 radical (unpaired) electrons. The lowest BCUT2D eigenvalue weighted by Gasteiger charge is -2.13. The second-order valence-corrected chi connectivity index (χ2v) is 3.03. The molecule has 0 aromatic heterocycles. The molecule has 2 nitrogen and oxygen atoms in total. The lowest BCUT2D eigenvalue weighted by molar-refractivity contribution is 0.291. The smallest absolute Gasteiger partial charge is 0.102 e. The van der Waals surface area contributed by atoms with Crippen molar-refractivity contribution in [3.63, 3.8) is 0 Å². The first kappa shape index (κ1) is 8.94. The topological polar surface area (TPSA) is 15.3 Å². The summed E-state index contributed by atoms with van der Waals surface area (Å²) in [6.07, 6.45) is 1.17. The number of alkyl halides is 1. The fraction of sp³-hybridized carbons (Fsp3) is 1.00. The van der Waals surface area contributed by atoms with Crippen LogP contribution in [0.3, 0.4) is 0 Å². The molecule has 1 saturated heterocycles. The zero-order chi connectivity index (χ0) is 8.10. The number of hydrogen-bond acceptors (Lipinski definition) is 2. The van der Waals surface area contributed by atoms with Gasteiger partial charge in [-0.15, -0.1) is 0 Å². The summed E-state index contributed by atoms with van der Waals surface area (Å²) in [6.45, 7) is 5.62. The maximum absolute atomic E-state index is 11.9. The van der Waals surface area contributed by atoms with E-state index in [4.69, 9.17) is 0 Å². The fourth-order valence-corrected chi connectivity index (χ4v) is 1.61. The minimum Gasteiger partial charge on any atom is -0.313 e. The van der Waals surface area contributed by atoms with Crippen LogP contribution in [0.4, 0.5) is 4.39 Å². The Morgan fingerprint density at radius 3 is 3.09 bits per heavy atom. The summed E-state index contributed by atoms with van der Waals surface area (Å²) >= 11 is 0. The Bertz CT molecular complexity index is 96.3. The fourth-order valence-electron chi connectivity index (χ4n) is 1.61. The summed E-state index contributed by atoms with van der Waals surface area (Å²) in [5.41, 5.74) is 0. The van der Waals surface area contributed by atoms with Gasteiger partial charge in [-0.25, -0.2) is 4.39 Å². The van der Waals surface area contributed by atoms with Gasteiger partial charge in [-0.3, -0.25) is 4.90 Å². The van der Waals surface area contributed by atoms with Gasteiger partial charge in [0.15, 0.2) is 0 Å². The summed E-state index contributed by atoms with van der Waals surface area (Å²) in [5, 5.41) is 3.37. The predicted molar refractivity (Wildman–Crippen MR) is 44.5 cm³/mol. The highest BCUT2D eigenvalue weighted by Gasteiger charge is 2.20. The van der Waals surface area contributed by atoms with Crippen molar-refractivity contribution in [3.8, 4) is 0 Å². The van der Waals surface area contributed by atoms with E-state index < -0.39 is 0 Å². The third-order valence-corrected chi connectivity index (χ3v) is 2.17. The van der Waals surface area contributed by atoms with Gasteiger partial charge in [0.2, 0.25) is 0 Å². The van der Waals surface area contributed by atoms with E-state index in [0.29, 0.717) is 12.6 Å². The molecule has 1 rings (SSSR count). The normalized spacial score (nSPS) is 26.2. The van der Waals surface area contributed by atoms with Gasteiger partial charge in [0.1, 0.15) is 6.67 Å². The molecule has 0 aromatic carbocycles. The van der Waals surface area contributed by atoms with E-state index in [0.717, 1.165) is 19.6 Å². The molecule has 11 heavy (non-hydrogen) atoms. The number of halogens is 1. The minimum absolute atomic E-state index is 0.209. The monoisotopic (exact) mass is 160 g/mol. The van der Waals surface area contributed by atoms with Crippen LogP contribution in [-0.4, -0.2) is 43.8 Å². The van der Waals surface area contributed by atoms with Crippen molar-refractivity contribution in [1.29, 1.82) is 0 Å². The summed E-state index contributed by atoms with van der Waals surface area (Å²) in [6, 6.07) is 0.603. The summed E-state index contributed by atoms with van der Waals surface area (Å²) in [4.78, 5) is 2.17. The first-order chi connectivity index (χ1) is 5.36. The van der Waals surface area contributed by atoms with Crippen LogP contribution in [-0.2, 0) is 0 Å². The van der Waals surface area contributed by atoms with Crippen molar-refractivity contribution in [1.82, 2.24) is 10.2 Å². The quantitative estimate of drug-likeness (QED) is 0.649. The van der Waals surface area contributed by atoms with Crippen LogP contribution in [0.25, 0.3) is 0 Å². The van der Waals surface area contributed by atoms with Crippen LogP contribution in [0.15, 0.2) is 0 Å². The Hall–Kier alpha value is -0.150. The molecule has 1 aliphatic heterocycles. The van der Waals surface area contributed by atoms with Gasteiger partial charge in [-0.2, -0.15) is 0 Å². The van der Waals surface area contributed by atoms with Crippen LogP contribution in [0.2, 0.25) is 0 Å². The van der Waals surface area contributed by atoms with Crippen LogP contribution < -0.4 is 5.32 Å². The van der Waals surface area contributed by atoms with E-state index in [1.165, 1.54) is 6.42 Å². The first-order valence-electron chi connectivity index (χ1n) is 4.38. The van der Waals surface area contributed by atoms with Crippen molar-refractivity contribution < 1.29 is 4.39 Å². The molecule has 0 amide bonds. The van der Waals surface area contributed by atoms with Crippen molar-refractivity contribution in [2.75, 3.05) is 32.9 Å². The van der Waals surface area contributed by atoms with Crippen LogP contribution >= 0.6 is 0 Å². The zero-order valence-corrected chi connectivity index (χ0v) is 7.15. The number of likely N-dealkylation sites (N-methyl/N-ethyl adjacent to an activating group) is 1. The van der Waals surface area contributed by atoms with Gasteiger partial charge in [0.05, 0.1) is 0 Å². The molecule has 0 saturated carbocycles. The third kappa shape index (κ3) is 2.75. The summed E-state index contributed by atoms with van der Waals surface area (Å²) in [7, 11) is 0. The summed E-state index contributed by atoms with van der Waals surface area (Å²) < 4.78 is 11.9. The highest BCUT2D eigenvalue weighted by molar-refractivity contribution is 4.79. The lowest BCUT2D eigenvalue weighted by Crippen LogP contribution is -2.32. The molecule has 1 unspecified atom stereocenters. The van der Waals surface area contributed by atoms with E-state index in [-0.39, 0.29) is 6.67 Å². The number of hydrogen-bond donors (Lipinski definition) is 1. The average Bonchev–Trinajstić information content (AvgIpc) is 2.38. The maximum atomic E-state index is 11.9. The van der Waals surface area contributed by atoms with Gasteiger partial charge in [0.25, 0.3) is 0 Å². The molecule has 0 bridgehead atoms. The molecule has 1 heterocycles. The second-order valence-electron chi connectivity index (χ2n) is 3.03. The lowest BCUT2D eigenvalue weighted by atomic mass is 10.3. The number of likely N-dealkylation sites (tertiary alicyclic amines) is 1. The second kappa shape index (κ2) is 4.67. The van der Waals surface area contributed by atoms with Gasteiger partial charge < -0.3 is 5.32 Å². The SMILES string of the molecule is CCNC1CCN(CCF)C1. The number of rotatable bonds is 4. The van der Waals surface area contributed by atoms with E-state index in [1.54, 1.807) is 0 Å². The minimum atomic E-state index is -0.209. The molecule has 3 heteroatoms. The van der Waals surface area contributed by atoms with E-state index in [2.05, 4.69) is 17.1 Å². The Labute approximate surface area is 67.8 Å². The van der Waals surface area contributed by atoms with Crippen molar-refractivity contribution in [3.05, 3.63) is 0 Å². The molecule has 0 spiro atoms. The van der Waals surface area contributed by atoms with Gasteiger partial charge >= 0.3 is 0 Å². The van der Waals surface area contributed by atoms with Crippen molar-refractivity contribution in [2.45, 2.75) is 19.4 Å². The molecule has 1 aliphatic rings. The Morgan fingerprint density at radius 1 is 1.64 bits per heavy atom. The Morgan fingerprint density at radius 2 is 2.45 bits per heavy atom. The molecule has 1 N–H and O–H groups in total. The van der Waals surface area contributed by atoms with E-state index >= 15 is 0 Å². The highest BCUT2D eigenvalue weighted by Crippen LogP contribution is 2.07. The molecular weight excluding hydrogens is 143 g/mol.